The van der Waals surface area contributed by atoms with Gasteiger partial charge in [0.25, 0.3) is 0 Å². The molecule has 1 aromatic rings. The van der Waals surface area contributed by atoms with Crippen LogP contribution in [0.5, 0.6) is 0 Å². The molecule has 0 bridgehead atoms. The lowest BCUT2D eigenvalue weighted by Crippen LogP contribution is -2.42. The van der Waals surface area contributed by atoms with Crippen LogP contribution < -0.4 is 5.32 Å². The number of carbonyl (C=O) groups is 3. The highest BCUT2D eigenvalue weighted by Crippen LogP contribution is 2.22. The smallest absolute Gasteiger partial charge is 0.411 e. The van der Waals surface area contributed by atoms with Crippen molar-refractivity contribution in [2.75, 3.05) is 25.0 Å². The maximum absolute atomic E-state index is 12.1. The van der Waals surface area contributed by atoms with Crippen LogP contribution in [0.15, 0.2) is 18.2 Å². The summed E-state index contributed by atoms with van der Waals surface area (Å²) in [5.74, 6) is 0.0463. The summed E-state index contributed by atoms with van der Waals surface area (Å²) in [6.07, 6.45) is 0.592. The Morgan fingerprint density at radius 1 is 1.21 bits per heavy atom. The fraction of sp³-hybridized carbons (Fsp3) is 0.571. The number of Topliss-reactive ketones (excluding diaryl/α,β-unsaturated/α-hetero) is 1. The van der Waals surface area contributed by atoms with Crippen molar-refractivity contribution in [3.05, 3.63) is 28.8 Å². The lowest BCUT2D eigenvalue weighted by molar-refractivity contribution is 0.0152. The Morgan fingerprint density at radius 2 is 1.83 bits per heavy atom. The maximum Gasteiger partial charge on any atom is 0.411 e. The second kappa shape index (κ2) is 10.5. The Hall–Kier alpha value is -2.28. The van der Waals surface area contributed by atoms with Gasteiger partial charge in [-0.3, -0.25) is 10.1 Å². The molecule has 7 nitrogen and oxygen atoms in total. The summed E-state index contributed by atoms with van der Waals surface area (Å²) in [5.41, 5.74) is 0.345. The fourth-order valence-electron chi connectivity index (χ4n) is 2.83. The Morgan fingerprint density at radius 3 is 2.34 bits per heavy atom. The van der Waals surface area contributed by atoms with Crippen LogP contribution in [0.1, 0.15) is 58.3 Å². The van der Waals surface area contributed by atoms with E-state index in [4.69, 9.17) is 21.1 Å². The van der Waals surface area contributed by atoms with Crippen LogP contribution in [0, 0.1) is 5.92 Å². The quantitative estimate of drug-likeness (QED) is 0.653. The zero-order chi connectivity index (χ0) is 20.9. The fourth-order valence-corrected chi connectivity index (χ4v) is 3.15. The third-order valence-electron chi connectivity index (χ3n) is 4.31. The molecule has 162 valence electrons. The lowest BCUT2D eigenvalue weighted by atomic mass is 9.98. The molecular weight excluding hydrogens is 396 g/mol. The second-order valence-corrected chi connectivity index (χ2v) is 8.29. The van der Waals surface area contributed by atoms with Crippen molar-refractivity contribution < 1.29 is 23.9 Å². The van der Waals surface area contributed by atoms with E-state index >= 15 is 0 Å². The summed E-state index contributed by atoms with van der Waals surface area (Å²) in [5, 5.41) is 2.88. The zero-order valence-corrected chi connectivity index (χ0v) is 17.5. The Labute approximate surface area is 177 Å². The van der Waals surface area contributed by atoms with Gasteiger partial charge in [-0.25, -0.2) is 9.59 Å². The molecule has 0 aliphatic carbocycles. The van der Waals surface area contributed by atoms with Crippen molar-refractivity contribution in [2.24, 2.45) is 5.92 Å². The van der Waals surface area contributed by atoms with Gasteiger partial charge in [0.1, 0.15) is 5.60 Å². The van der Waals surface area contributed by atoms with E-state index in [1.165, 1.54) is 13.0 Å². The van der Waals surface area contributed by atoms with Gasteiger partial charge in [0.15, 0.2) is 5.78 Å². The summed E-state index contributed by atoms with van der Waals surface area (Å²) in [6, 6.07) is 4.68. The molecule has 0 unspecified atom stereocenters. The molecule has 0 aromatic heterocycles. The average molecular weight is 427 g/mol. The minimum Gasteiger partial charge on any atom is -0.449 e. The molecule has 29 heavy (non-hydrogen) atoms. The van der Waals surface area contributed by atoms with Crippen LogP contribution in [-0.2, 0) is 9.47 Å². The predicted molar refractivity (Wildman–Crippen MR) is 114 cm³/mol. The average Bonchev–Trinajstić information content (AvgIpc) is 2.58. The molecular formula is C21H31ClN2O5. The van der Waals surface area contributed by atoms with Gasteiger partial charge in [-0.2, -0.15) is 0 Å². The monoisotopic (exact) mass is 426 g/mol. The highest BCUT2D eigenvalue weighted by Gasteiger charge is 2.27. The van der Waals surface area contributed by atoms with E-state index in [0.717, 1.165) is 12.8 Å². The highest BCUT2D eigenvalue weighted by atomic mass is 35.5. The first-order chi connectivity index (χ1) is 13.0. The topological polar surface area (TPSA) is 84.9 Å². The summed E-state index contributed by atoms with van der Waals surface area (Å²) >= 11 is 6.03. The van der Waals surface area contributed by atoms with Gasteiger partial charge >= 0.3 is 12.2 Å². The zero-order valence-electron chi connectivity index (χ0n) is 16.7. The van der Waals surface area contributed by atoms with Crippen LogP contribution in [0.2, 0.25) is 5.02 Å². The van der Waals surface area contributed by atoms with E-state index in [1.54, 1.807) is 17.0 Å². The van der Waals surface area contributed by atoms with E-state index in [1.807, 2.05) is 20.8 Å². The molecule has 1 saturated heterocycles. The number of hydrogen-bond donors (Lipinski definition) is 1. The number of nitrogens with one attached hydrogen (secondary N) is 1. The summed E-state index contributed by atoms with van der Waals surface area (Å²) in [4.78, 5) is 37.1. The lowest BCUT2D eigenvalue weighted by Gasteiger charge is -2.33. The van der Waals surface area contributed by atoms with Gasteiger partial charge in [-0.15, -0.1) is 0 Å². The SMILES string of the molecule is C.CC(=O)c1ccc(NC(=O)OCC2CCN(C(=O)OC(C)(C)C)CC2)cc1Cl. The van der Waals surface area contributed by atoms with E-state index < -0.39 is 11.7 Å². The predicted octanol–water partition coefficient (Wildman–Crippen LogP) is 5.37. The van der Waals surface area contributed by atoms with Gasteiger partial charge in [-0.1, -0.05) is 19.0 Å². The molecule has 1 N–H and O–H groups in total. The van der Waals surface area contributed by atoms with Crippen molar-refractivity contribution in [3.8, 4) is 0 Å². The molecule has 1 heterocycles. The number of carbonyl (C=O) groups excluding carboxylic acids is 3. The molecule has 0 spiro atoms. The Bertz CT molecular complexity index is 737. The van der Waals surface area contributed by atoms with Crippen LogP contribution in [-0.4, -0.2) is 48.2 Å². The number of anilines is 1. The number of likely N-dealkylation sites (tertiary alicyclic amines) is 1. The minimum absolute atomic E-state index is 0. The number of benzene rings is 1. The van der Waals surface area contributed by atoms with Crippen LogP contribution >= 0.6 is 11.6 Å². The first-order valence-corrected chi connectivity index (χ1v) is 9.65. The van der Waals surface area contributed by atoms with Crippen LogP contribution in [0.4, 0.5) is 15.3 Å². The third-order valence-corrected chi connectivity index (χ3v) is 4.62. The second-order valence-electron chi connectivity index (χ2n) is 7.89. The normalized spacial score (nSPS) is 14.6. The van der Waals surface area contributed by atoms with E-state index in [0.29, 0.717) is 24.3 Å². The third kappa shape index (κ3) is 7.93. The number of rotatable bonds is 4. The molecule has 1 fully saturated rings. The van der Waals surface area contributed by atoms with Gasteiger partial charge in [0.2, 0.25) is 0 Å². The van der Waals surface area contributed by atoms with E-state index in [2.05, 4.69) is 5.32 Å². The van der Waals surface area contributed by atoms with Crippen LogP contribution in [0.3, 0.4) is 0 Å². The molecule has 8 heteroatoms. The molecule has 0 saturated carbocycles. The molecule has 0 radical (unpaired) electrons. The molecule has 1 aliphatic rings. The largest absolute Gasteiger partial charge is 0.449 e. The highest BCUT2D eigenvalue weighted by molar-refractivity contribution is 6.34. The van der Waals surface area contributed by atoms with Crippen molar-refractivity contribution in [1.29, 1.82) is 0 Å². The minimum atomic E-state index is -0.582. The standard InChI is InChI=1S/C20H27ClN2O5.CH4/c1-13(24)16-6-5-15(11-17(16)21)22-18(25)27-12-14-7-9-23(10-8-14)19(26)28-20(2,3)4;/h5-6,11,14H,7-10,12H2,1-4H3,(H,22,25);1H4. The Balaban J connectivity index is 0.00000420. The number of hydrogen-bond acceptors (Lipinski definition) is 5. The first kappa shape index (κ1) is 24.8. The van der Waals surface area contributed by atoms with Crippen molar-refractivity contribution in [2.45, 2.75) is 53.6 Å². The molecule has 2 rings (SSSR count). The molecule has 1 aromatic carbocycles. The number of halogens is 1. The molecule has 2 amide bonds. The van der Waals surface area contributed by atoms with Gasteiger partial charge in [0.05, 0.1) is 11.6 Å². The van der Waals surface area contributed by atoms with Crippen LogP contribution in [0.25, 0.3) is 0 Å². The maximum atomic E-state index is 12.1. The number of piperidine rings is 1. The summed E-state index contributed by atoms with van der Waals surface area (Å²) in [6.45, 7) is 8.37. The van der Waals surface area contributed by atoms with E-state index in [9.17, 15) is 14.4 Å². The van der Waals surface area contributed by atoms with Gasteiger partial charge in [-0.05, 0) is 64.7 Å². The van der Waals surface area contributed by atoms with Gasteiger partial charge < -0.3 is 14.4 Å². The number of amides is 2. The number of ketones is 1. The molecule has 0 atom stereocenters. The van der Waals surface area contributed by atoms with E-state index in [-0.39, 0.29) is 36.9 Å². The summed E-state index contributed by atoms with van der Waals surface area (Å²) in [7, 11) is 0. The molecule has 1 aliphatic heterocycles. The number of nitrogens with zero attached hydrogens (tertiary/aromatic N) is 1. The van der Waals surface area contributed by atoms with Crippen molar-refractivity contribution >= 4 is 35.3 Å². The summed E-state index contributed by atoms with van der Waals surface area (Å²) < 4.78 is 10.7. The Kier molecular flexibility index (Phi) is 8.95. The first-order valence-electron chi connectivity index (χ1n) is 9.27. The van der Waals surface area contributed by atoms with Gasteiger partial charge in [0, 0.05) is 24.3 Å². The number of ether oxygens (including phenoxy) is 2. The van der Waals surface area contributed by atoms with Crippen molar-refractivity contribution in [1.82, 2.24) is 4.90 Å². The van der Waals surface area contributed by atoms with Crippen molar-refractivity contribution in [3.63, 3.8) is 0 Å².